The number of nitrogens with two attached hydrogens (primary N) is 1. The van der Waals surface area contributed by atoms with Gasteiger partial charge in [0, 0.05) is 37.5 Å². The van der Waals surface area contributed by atoms with Gasteiger partial charge in [-0.2, -0.15) is 0 Å². The first kappa shape index (κ1) is 26.1. The number of Topliss-reactive ketones (excluding diaryl/α,β-unsaturated/α-hetero) is 1. The molecule has 1 aromatic carbocycles. The number of nitrogens with zero attached hydrogens (tertiary/aromatic N) is 3. The molecule has 1 saturated heterocycles. The zero-order valence-electron chi connectivity index (χ0n) is 21.5. The van der Waals surface area contributed by atoms with Crippen molar-refractivity contribution in [1.29, 1.82) is 0 Å². The van der Waals surface area contributed by atoms with Crippen LogP contribution in [-0.4, -0.2) is 42.0 Å². The molecule has 1 aliphatic rings. The topological polar surface area (TPSA) is 81.3 Å². The molecule has 6 heteroatoms. The van der Waals surface area contributed by atoms with Gasteiger partial charge in [0.25, 0.3) is 0 Å². The van der Waals surface area contributed by atoms with E-state index in [-0.39, 0.29) is 5.78 Å². The summed E-state index contributed by atoms with van der Waals surface area (Å²) in [6, 6.07) is 4.02. The number of aromatic nitrogens is 2. The highest BCUT2D eigenvalue weighted by molar-refractivity contribution is 5.99. The molecule has 0 radical (unpaired) electrons. The van der Waals surface area contributed by atoms with Crippen LogP contribution in [0.1, 0.15) is 79.4 Å². The fourth-order valence-corrected chi connectivity index (χ4v) is 4.74. The van der Waals surface area contributed by atoms with E-state index in [9.17, 15) is 4.79 Å². The molecule has 6 nitrogen and oxygen atoms in total. The minimum absolute atomic E-state index is 0.208. The predicted molar refractivity (Wildman–Crippen MR) is 139 cm³/mol. The van der Waals surface area contributed by atoms with Crippen LogP contribution in [0.2, 0.25) is 0 Å². The molecule has 0 amide bonds. The van der Waals surface area contributed by atoms with Crippen molar-refractivity contribution >= 4 is 11.7 Å². The van der Waals surface area contributed by atoms with E-state index in [1.54, 1.807) is 0 Å². The maximum absolute atomic E-state index is 12.7. The van der Waals surface area contributed by atoms with Gasteiger partial charge in [-0.25, -0.2) is 9.97 Å². The molecule has 34 heavy (non-hydrogen) atoms. The fraction of sp³-hybridized carbons (Fsp3) is 0.607. The van der Waals surface area contributed by atoms with Gasteiger partial charge in [-0.05, 0) is 99.6 Å². The standard InChI is InChI=1S/C28H42N4O2/c1-5-23-18-30-28(31-19-23)32-12-10-24(11-13-32)7-6-14-34-25-15-21(3)27(22(4)16-25)26(33)9-8-20(2)17-29/h15-16,18-20,24H,5-14,17,29H2,1-4H3/t20-/m0/s1. The van der Waals surface area contributed by atoms with Crippen LogP contribution in [0, 0.1) is 25.7 Å². The van der Waals surface area contributed by atoms with Crippen LogP contribution in [0.15, 0.2) is 24.5 Å². The first-order valence-electron chi connectivity index (χ1n) is 12.9. The summed E-state index contributed by atoms with van der Waals surface area (Å²) in [5.41, 5.74) is 9.72. The summed E-state index contributed by atoms with van der Waals surface area (Å²) < 4.78 is 6.06. The highest BCUT2D eigenvalue weighted by atomic mass is 16.5. The van der Waals surface area contributed by atoms with Crippen molar-refractivity contribution in [2.24, 2.45) is 17.6 Å². The SMILES string of the molecule is CCc1cnc(N2CCC(CCCOc3cc(C)c(C(=O)CC[C@H](C)CN)c(C)c3)CC2)nc1. The van der Waals surface area contributed by atoms with Gasteiger partial charge in [0.15, 0.2) is 5.78 Å². The molecule has 2 aromatic rings. The monoisotopic (exact) mass is 466 g/mol. The molecule has 1 atom stereocenters. The van der Waals surface area contributed by atoms with Gasteiger partial charge in [0.05, 0.1) is 6.61 Å². The van der Waals surface area contributed by atoms with Gasteiger partial charge >= 0.3 is 0 Å². The van der Waals surface area contributed by atoms with Crippen LogP contribution in [-0.2, 0) is 6.42 Å². The first-order chi connectivity index (χ1) is 16.4. The van der Waals surface area contributed by atoms with Crippen molar-refractivity contribution in [3.05, 3.63) is 46.8 Å². The Morgan fingerprint density at radius 2 is 1.82 bits per heavy atom. The van der Waals surface area contributed by atoms with E-state index < -0.39 is 0 Å². The first-order valence-corrected chi connectivity index (χ1v) is 12.9. The van der Waals surface area contributed by atoms with Crippen LogP contribution in [0.5, 0.6) is 5.75 Å². The number of hydrogen-bond acceptors (Lipinski definition) is 6. The maximum Gasteiger partial charge on any atom is 0.225 e. The molecule has 0 unspecified atom stereocenters. The smallest absolute Gasteiger partial charge is 0.225 e. The van der Waals surface area contributed by atoms with Crippen molar-refractivity contribution < 1.29 is 9.53 Å². The van der Waals surface area contributed by atoms with Gasteiger partial charge in [-0.1, -0.05) is 13.8 Å². The lowest BCUT2D eigenvalue weighted by molar-refractivity contribution is 0.0973. The van der Waals surface area contributed by atoms with E-state index in [1.807, 2.05) is 38.4 Å². The number of hydrogen-bond donors (Lipinski definition) is 1. The average molecular weight is 467 g/mol. The van der Waals surface area contributed by atoms with E-state index in [0.717, 1.165) is 66.7 Å². The van der Waals surface area contributed by atoms with Gasteiger partial charge in [0.1, 0.15) is 5.75 Å². The Balaban J connectivity index is 1.40. The second-order valence-electron chi connectivity index (χ2n) is 9.90. The van der Waals surface area contributed by atoms with E-state index in [1.165, 1.54) is 24.8 Å². The summed E-state index contributed by atoms with van der Waals surface area (Å²) in [7, 11) is 0. The number of piperidine rings is 1. The summed E-state index contributed by atoms with van der Waals surface area (Å²) in [4.78, 5) is 24.1. The Morgan fingerprint density at radius 3 is 2.41 bits per heavy atom. The van der Waals surface area contributed by atoms with Crippen LogP contribution in [0.25, 0.3) is 0 Å². The zero-order valence-corrected chi connectivity index (χ0v) is 21.5. The third kappa shape index (κ3) is 7.26. The van der Waals surface area contributed by atoms with Crippen LogP contribution in [0.4, 0.5) is 5.95 Å². The van der Waals surface area contributed by atoms with Crippen LogP contribution < -0.4 is 15.4 Å². The maximum atomic E-state index is 12.7. The molecule has 1 fully saturated rings. The summed E-state index contributed by atoms with van der Waals surface area (Å²) in [6.45, 7) is 11.6. The number of aryl methyl sites for hydroxylation is 3. The lowest BCUT2D eigenvalue weighted by Gasteiger charge is -2.32. The van der Waals surface area contributed by atoms with Crippen molar-refractivity contribution in [1.82, 2.24) is 9.97 Å². The molecular formula is C28H42N4O2. The van der Waals surface area contributed by atoms with Crippen LogP contribution >= 0.6 is 0 Å². The second-order valence-corrected chi connectivity index (χ2v) is 9.90. The van der Waals surface area contributed by atoms with E-state index in [0.29, 0.717) is 25.5 Å². The quantitative estimate of drug-likeness (QED) is 0.338. The lowest BCUT2D eigenvalue weighted by Crippen LogP contribution is -2.35. The molecule has 186 valence electrons. The third-order valence-corrected chi connectivity index (χ3v) is 7.07. The summed E-state index contributed by atoms with van der Waals surface area (Å²) in [5.74, 6) is 3.04. The summed E-state index contributed by atoms with van der Waals surface area (Å²) in [5, 5.41) is 0. The normalized spacial score (nSPS) is 15.4. The molecule has 1 aromatic heterocycles. The van der Waals surface area contributed by atoms with E-state index in [2.05, 4.69) is 28.7 Å². The number of anilines is 1. The number of carbonyl (C=O) groups excluding carboxylic acids is 1. The molecule has 0 saturated carbocycles. The fourth-order valence-electron chi connectivity index (χ4n) is 4.74. The zero-order chi connectivity index (χ0) is 24.5. The highest BCUT2D eigenvalue weighted by Crippen LogP contribution is 2.26. The Kier molecular flexibility index (Phi) is 9.87. The largest absolute Gasteiger partial charge is 0.494 e. The third-order valence-electron chi connectivity index (χ3n) is 7.07. The van der Waals surface area contributed by atoms with Gasteiger partial charge < -0.3 is 15.4 Å². The van der Waals surface area contributed by atoms with Crippen molar-refractivity contribution in [2.45, 2.75) is 72.6 Å². The van der Waals surface area contributed by atoms with E-state index in [4.69, 9.17) is 10.5 Å². The van der Waals surface area contributed by atoms with E-state index >= 15 is 0 Å². The van der Waals surface area contributed by atoms with Crippen molar-refractivity contribution in [3.63, 3.8) is 0 Å². The molecule has 3 rings (SSSR count). The van der Waals surface area contributed by atoms with Crippen LogP contribution in [0.3, 0.4) is 0 Å². The number of ketones is 1. The summed E-state index contributed by atoms with van der Waals surface area (Å²) in [6.07, 6.45) is 10.8. The molecule has 2 N–H and O–H groups in total. The Hall–Kier alpha value is -2.47. The Bertz CT molecular complexity index is 897. The summed E-state index contributed by atoms with van der Waals surface area (Å²) >= 11 is 0. The second kappa shape index (κ2) is 12.8. The molecule has 0 spiro atoms. The molecule has 0 aliphatic carbocycles. The van der Waals surface area contributed by atoms with Crippen molar-refractivity contribution in [2.75, 3.05) is 31.1 Å². The molecular weight excluding hydrogens is 424 g/mol. The molecule has 1 aliphatic heterocycles. The Labute approximate surface area is 205 Å². The number of carbonyl (C=O) groups is 1. The molecule has 0 bridgehead atoms. The predicted octanol–water partition coefficient (Wildman–Crippen LogP) is 5.29. The number of benzene rings is 1. The molecule has 2 heterocycles. The highest BCUT2D eigenvalue weighted by Gasteiger charge is 2.21. The van der Waals surface area contributed by atoms with Gasteiger partial charge in [-0.3, -0.25) is 4.79 Å². The van der Waals surface area contributed by atoms with Crippen molar-refractivity contribution in [3.8, 4) is 5.75 Å². The Morgan fingerprint density at radius 1 is 1.18 bits per heavy atom. The minimum atomic E-state index is 0.208. The number of ether oxygens (including phenoxy) is 1. The van der Waals surface area contributed by atoms with Gasteiger partial charge in [-0.15, -0.1) is 0 Å². The van der Waals surface area contributed by atoms with Gasteiger partial charge in [0.2, 0.25) is 5.95 Å². The minimum Gasteiger partial charge on any atom is -0.494 e. The average Bonchev–Trinajstić information content (AvgIpc) is 2.85. The number of rotatable bonds is 12. The lowest BCUT2D eigenvalue weighted by atomic mass is 9.92.